The minimum Gasteiger partial charge on any atom is -0.361 e. The Kier molecular flexibility index (Phi) is 8.43. The van der Waals surface area contributed by atoms with E-state index in [2.05, 4.69) is 4.98 Å². The Morgan fingerprint density at radius 2 is 1.72 bits per heavy atom. The number of amides is 1. The van der Waals surface area contributed by atoms with Gasteiger partial charge < -0.3 is 9.88 Å². The Balaban J connectivity index is 1.36. The van der Waals surface area contributed by atoms with Gasteiger partial charge in [0.1, 0.15) is 0 Å². The lowest BCUT2D eigenvalue weighted by atomic mass is 10.1. The minimum absolute atomic E-state index is 0.167. The van der Waals surface area contributed by atoms with Gasteiger partial charge in [-0.15, -0.1) is 0 Å². The van der Waals surface area contributed by atoms with E-state index in [-0.39, 0.29) is 25.0 Å². The second-order valence-corrected chi connectivity index (χ2v) is 12.3. The third kappa shape index (κ3) is 6.92. The van der Waals surface area contributed by atoms with Crippen LogP contribution in [0.3, 0.4) is 0 Å². The van der Waals surface area contributed by atoms with E-state index < -0.39 is 10.0 Å². The third-order valence-electron chi connectivity index (χ3n) is 6.84. The van der Waals surface area contributed by atoms with Crippen molar-refractivity contribution >= 4 is 56.1 Å². The molecule has 0 radical (unpaired) electrons. The number of carbonyl (C=O) groups is 1. The van der Waals surface area contributed by atoms with E-state index in [4.69, 9.17) is 23.2 Å². The molecule has 1 N–H and O–H groups in total. The average molecular weight is 583 g/mol. The van der Waals surface area contributed by atoms with Gasteiger partial charge in [0, 0.05) is 41.6 Å². The molecule has 0 unspecified atom stereocenters. The van der Waals surface area contributed by atoms with Crippen LogP contribution in [0.1, 0.15) is 29.5 Å². The number of hydrogen-bond donors (Lipinski definition) is 1. The SMILES string of the molecule is O=C(CN(C1CC1)S(=O)(=O)C=Cc1ccccc1)N(CCc1c[nH]c2ccccc12)Cc1ccc(Cl)c(Cl)c1. The Bertz CT molecular complexity index is 1600. The van der Waals surface area contributed by atoms with Crippen LogP contribution in [0, 0.1) is 0 Å². The van der Waals surface area contributed by atoms with Gasteiger partial charge in [0.15, 0.2) is 0 Å². The largest absolute Gasteiger partial charge is 0.361 e. The maximum Gasteiger partial charge on any atom is 0.238 e. The molecule has 0 bridgehead atoms. The molecule has 202 valence electrons. The van der Waals surface area contributed by atoms with Crippen molar-refractivity contribution < 1.29 is 13.2 Å². The Hall–Kier alpha value is -3.10. The summed E-state index contributed by atoms with van der Waals surface area (Å²) in [4.78, 5) is 18.7. The molecule has 9 heteroatoms. The zero-order valence-electron chi connectivity index (χ0n) is 21.3. The maximum absolute atomic E-state index is 13.7. The maximum atomic E-state index is 13.7. The highest BCUT2D eigenvalue weighted by Crippen LogP contribution is 2.30. The summed E-state index contributed by atoms with van der Waals surface area (Å²) in [6, 6.07) is 22.4. The second-order valence-electron chi connectivity index (χ2n) is 9.71. The first-order chi connectivity index (χ1) is 18.8. The number of nitrogens with zero attached hydrogens (tertiary/aromatic N) is 2. The molecule has 0 aliphatic heterocycles. The molecule has 6 nitrogen and oxygen atoms in total. The van der Waals surface area contributed by atoms with Crippen molar-refractivity contribution in [3.05, 3.63) is 111 Å². The molecule has 1 amide bonds. The summed E-state index contributed by atoms with van der Waals surface area (Å²) < 4.78 is 28.0. The van der Waals surface area contributed by atoms with Gasteiger partial charge in [-0.2, -0.15) is 4.31 Å². The molecule has 1 heterocycles. The molecule has 0 saturated heterocycles. The fourth-order valence-corrected chi connectivity index (χ4v) is 6.30. The van der Waals surface area contributed by atoms with Gasteiger partial charge in [-0.3, -0.25) is 4.79 Å². The number of aromatic amines is 1. The lowest BCUT2D eigenvalue weighted by Gasteiger charge is -2.27. The summed E-state index contributed by atoms with van der Waals surface area (Å²) >= 11 is 12.3. The van der Waals surface area contributed by atoms with Gasteiger partial charge in [0.05, 0.1) is 16.6 Å². The summed E-state index contributed by atoms with van der Waals surface area (Å²) in [7, 11) is -3.80. The van der Waals surface area contributed by atoms with Gasteiger partial charge in [-0.25, -0.2) is 8.42 Å². The molecule has 1 aliphatic carbocycles. The van der Waals surface area contributed by atoms with Crippen molar-refractivity contribution in [3.63, 3.8) is 0 Å². The monoisotopic (exact) mass is 581 g/mol. The number of para-hydroxylation sites is 1. The molecule has 0 atom stereocenters. The molecule has 1 aromatic heterocycles. The fraction of sp³-hybridized carbons (Fsp3) is 0.233. The standard InChI is InChI=1S/C30H29Cl2N3O3S/c31-27-13-10-23(18-28(27)32)20-34(16-14-24-19-33-29-9-5-4-8-26(24)29)30(36)21-35(25-11-12-25)39(37,38)17-15-22-6-2-1-3-7-22/h1-10,13,15,17-19,25,33H,11-12,14,16,20-21H2. The number of carbonyl (C=O) groups excluding carboxylic acids is 1. The van der Waals surface area contributed by atoms with Crippen LogP contribution in [0.5, 0.6) is 0 Å². The lowest BCUT2D eigenvalue weighted by Crippen LogP contribution is -2.43. The second kappa shape index (κ2) is 12.0. The van der Waals surface area contributed by atoms with Crippen LogP contribution in [0.4, 0.5) is 0 Å². The normalized spacial score (nSPS) is 13.9. The van der Waals surface area contributed by atoms with Crippen LogP contribution in [0.25, 0.3) is 17.0 Å². The molecule has 1 fully saturated rings. The average Bonchev–Trinajstić information content (AvgIpc) is 3.70. The van der Waals surface area contributed by atoms with Crippen LogP contribution < -0.4 is 0 Å². The van der Waals surface area contributed by atoms with Crippen molar-refractivity contribution in [1.82, 2.24) is 14.2 Å². The van der Waals surface area contributed by atoms with Crippen molar-refractivity contribution in [1.29, 1.82) is 0 Å². The first kappa shape index (κ1) is 27.5. The van der Waals surface area contributed by atoms with Gasteiger partial charge >= 0.3 is 0 Å². The van der Waals surface area contributed by atoms with E-state index in [1.54, 1.807) is 23.1 Å². The summed E-state index contributed by atoms with van der Waals surface area (Å²) in [5.74, 6) is -0.260. The number of aromatic nitrogens is 1. The van der Waals surface area contributed by atoms with E-state index in [9.17, 15) is 13.2 Å². The molecule has 1 aliphatic rings. The summed E-state index contributed by atoms with van der Waals surface area (Å²) in [5, 5.41) is 3.15. The van der Waals surface area contributed by atoms with Gasteiger partial charge in [-0.1, -0.05) is 77.8 Å². The first-order valence-corrected chi connectivity index (χ1v) is 15.1. The molecule has 3 aromatic carbocycles. The summed E-state index contributed by atoms with van der Waals surface area (Å²) in [6.07, 6.45) is 5.63. The predicted molar refractivity (Wildman–Crippen MR) is 158 cm³/mol. The molecular formula is C30H29Cl2N3O3S. The molecule has 5 rings (SSSR count). The smallest absolute Gasteiger partial charge is 0.238 e. The number of fused-ring (bicyclic) bond motifs is 1. The van der Waals surface area contributed by atoms with Crippen molar-refractivity contribution in [2.75, 3.05) is 13.1 Å². The van der Waals surface area contributed by atoms with E-state index in [0.29, 0.717) is 23.0 Å². The number of rotatable bonds is 11. The third-order valence-corrected chi connectivity index (χ3v) is 9.14. The quantitative estimate of drug-likeness (QED) is 0.219. The number of H-pyrrole nitrogens is 1. The number of halogens is 2. The fourth-order valence-electron chi connectivity index (χ4n) is 4.57. The van der Waals surface area contributed by atoms with E-state index in [1.807, 2.05) is 66.9 Å². The first-order valence-electron chi connectivity index (χ1n) is 12.8. The van der Waals surface area contributed by atoms with Crippen LogP contribution in [0.2, 0.25) is 10.0 Å². The molecule has 1 saturated carbocycles. The zero-order chi connectivity index (χ0) is 27.4. The number of hydrogen-bond acceptors (Lipinski definition) is 3. The minimum atomic E-state index is -3.80. The number of benzene rings is 3. The highest BCUT2D eigenvalue weighted by molar-refractivity contribution is 7.92. The lowest BCUT2D eigenvalue weighted by molar-refractivity contribution is -0.132. The van der Waals surface area contributed by atoms with E-state index >= 15 is 0 Å². The van der Waals surface area contributed by atoms with Crippen molar-refractivity contribution in [3.8, 4) is 0 Å². The van der Waals surface area contributed by atoms with Crippen LogP contribution in [-0.2, 0) is 27.8 Å². The van der Waals surface area contributed by atoms with Crippen molar-refractivity contribution in [2.45, 2.75) is 31.8 Å². The zero-order valence-corrected chi connectivity index (χ0v) is 23.6. The molecule has 39 heavy (non-hydrogen) atoms. The highest BCUT2D eigenvalue weighted by atomic mass is 35.5. The molecular weight excluding hydrogens is 553 g/mol. The number of nitrogens with one attached hydrogen (secondary N) is 1. The molecule has 4 aromatic rings. The van der Waals surface area contributed by atoms with Crippen LogP contribution in [0.15, 0.2) is 84.4 Å². The molecule has 0 spiro atoms. The van der Waals surface area contributed by atoms with Crippen LogP contribution >= 0.6 is 23.2 Å². The number of sulfonamides is 1. The van der Waals surface area contributed by atoms with Crippen molar-refractivity contribution in [2.24, 2.45) is 0 Å². The summed E-state index contributed by atoms with van der Waals surface area (Å²) in [5.41, 5.74) is 3.73. The summed E-state index contributed by atoms with van der Waals surface area (Å²) in [6.45, 7) is 0.483. The highest BCUT2D eigenvalue weighted by Gasteiger charge is 2.38. The Morgan fingerprint density at radius 3 is 2.46 bits per heavy atom. The van der Waals surface area contributed by atoms with Gasteiger partial charge in [0.2, 0.25) is 15.9 Å². The van der Waals surface area contributed by atoms with E-state index in [1.165, 1.54) is 9.71 Å². The Labute approximate surface area is 238 Å². The van der Waals surface area contributed by atoms with Crippen LogP contribution in [-0.4, -0.2) is 47.6 Å². The Morgan fingerprint density at radius 1 is 0.974 bits per heavy atom. The van der Waals surface area contributed by atoms with E-state index in [0.717, 1.165) is 40.4 Å². The predicted octanol–water partition coefficient (Wildman–Crippen LogP) is 6.51. The van der Waals surface area contributed by atoms with Gasteiger partial charge in [-0.05, 0) is 60.2 Å². The van der Waals surface area contributed by atoms with Gasteiger partial charge in [0.25, 0.3) is 0 Å². The topological polar surface area (TPSA) is 73.5 Å².